The number of aliphatic carboxylic acids is 2. The molecule has 2 heterocycles. The van der Waals surface area contributed by atoms with Gasteiger partial charge in [0.15, 0.2) is 0 Å². The number of carbonyl (C=O) groups is 5. The topological polar surface area (TPSA) is 186 Å². The van der Waals surface area contributed by atoms with Crippen molar-refractivity contribution in [3.8, 4) is 0 Å². The zero-order chi connectivity index (χ0) is 36.9. The van der Waals surface area contributed by atoms with Crippen molar-refractivity contribution in [2.75, 3.05) is 105 Å². The predicted octanol–water partition coefficient (Wildman–Crippen LogP) is 1.18. The largest absolute Gasteiger partial charge is 0.483 e. The number of hydrogen-bond acceptors (Lipinski definition) is 10. The highest BCUT2D eigenvalue weighted by molar-refractivity contribution is 5.78. The van der Waals surface area contributed by atoms with Gasteiger partial charge in [0, 0.05) is 84.5 Å². The van der Waals surface area contributed by atoms with E-state index in [1.165, 1.54) is 12.8 Å². The van der Waals surface area contributed by atoms with E-state index in [9.17, 15) is 29.4 Å². The molecule has 2 fully saturated rings. The van der Waals surface area contributed by atoms with Gasteiger partial charge in [0.1, 0.15) is 0 Å². The smallest absolute Gasteiger partial charge is 0.317 e. The number of carbonyl (C=O) groups excluding carboxylic acids is 2. The van der Waals surface area contributed by atoms with E-state index in [-0.39, 0.29) is 37.9 Å². The standard InChI is InChI=1S/C31H59N7O6.C2H6.CH2O2/c1-3-5-12-32-27-10-14-38(15-11-27)29(40)9-7-6-8-13-33-28(39)24-35-18-16-34(4-2)17-19-36(25-30(41)42)22-23-37(21-20-35)26-31(43)44;1-2;2-1-3/h27,32H,3-26H2,1-2H3,(H,33,39)(H,41,42)(H,43,44);1-2H3;1H,(H,2,3). The number of likely N-dealkylation sites (tertiary alicyclic amines) is 1. The number of nitrogens with one attached hydrogen (secondary N) is 2. The second-order valence-corrected chi connectivity index (χ2v) is 12.3. The Morgan fingerprint density at radius 1 is 0.673 bits per heavy atom. The van der Waals surface area contributed by atoms with E-state index in [0.717, 1.165) is 64.8 Å². The van der Waals surface area contributed by atoms with Gasteiger partial charge in [0.05, 0.1) is 19.6 Å². The van der Waals surface area contributed by atoms with Crippen LogP contribution >= 0.6 is 0 Å². The zero-order valence-corrected chi connectivity index (χ0v) is 30.7. The van der Waals surface area contributed by atoms with Gasteiger partial charge in [0.2, 0.25) is 11.8 Å². The fraction of sp³-hybridized carbons (Fsp3) is 0.853. The van der Waals surface area contributed by atoms with Gasteiger partial charge < -0.3 is 35.8 Å². The van der Waals surface area contributed by atoms with Crippen molar-refractivity contribution in [2.45, 2.75) is 85.1 Å². The first-order chi connectivity index (χ1) is 23.6. The molecule has 2 amide bonds. The van der Waals surface area contributed by atoms with Crippen LogP contribution < -0.4 is 10.6 Å². The summed E-state index contributed by atoms with van der Waals surface area (Å²) in [4.78, 5) is 66.6. The fourth-order valence-corrected chi connectivity index (χ4v) is 5.79. The third-order valence-electron chi connectivity index (χ3n) is 8.66. The van der Waals surface area contributed by atoms with Gasteiger partial charge in [-0.15, -0.1) is 0 Å². The molecule has 15 heteroatoms. The van der Waals surface area contributed by atoms with Crippen LogP contribution in [0.4, 0.5) is 0 Å². The SMILES string of the molecule is CC.CCCCNC1CCN(C(=O)CCCCCNC(=O)CN2CCN(CC)CCN(CC(=O)O)CCN(CC(=O)O)CC2)CC1.O=CO. The maximum atomic E-state index is 12.8. The lowest BCUT2D eigenvalue weighted by Crippen LogP contribution is -2.49. The fourth-order valence-electron chi connectivity index (χ4n) is 5.79. The maximum Gasteiger partial charge on any atom is 0.317 e. The Labute approximate surface area is 294 Å². The summed E-state index contributed by atoms with van der Waals surface area (Å²) in [5.74, 6) is -1.63. The second-order valence-electron chi connectivity index (χ2n) is 12.3. The molecule has 0 radical (unpaired) electrons. The Morgan fingerprint density at radius 2 is 1.14 bits per heavy atom. The Bertz CT molecular complexity index is 906. The third kappa shape index (κ3) is 24.0. The molecule has 2 rings (SSSR count). The first kappa shape index (κ1) is 46.1. The number of nitrogens with zero attached hydrogens (tertiary/aromatic N) is 5. The van der Waals surface area contributed by atoms with Crippen LogP contribution in [-0.4, -0.2) is 181 Å². The summed E-state index contributed by atoms with van der Waals surface area (Å²) in [5, 5.41) is 32.2. The predicted molar refractivity (Wildman–Crippen MR) is 191 cm³/mol. The van der Waals surface area contributed by atoms with Crippen molar-refractivity contribution in [1.29, 1.82) is 0 Å². The molecule has 0 spiro atoms. The van der Waals surface area contributed by atoms with Crippen LogP contribution in [0.3, 0.4) is 0 Å². The van der Waals surface area contributed by atoms with E-state index in [1.807, 2.05) is 28.5 Å². The number of hydrogen-bond donors (Lipinski definition) is 5. The van der Waals surface area contributed by atoms with Gasteiger partial charge in [-0.25, -0.2) is 0 Å². The molecule has 2 aliphatic heterocycles. The van der Waals surface area contributed by atoms with Crippen molar-refractivity contribution in [3.05, 3.63) is 0 Å². The first-order valence-electron chi connectivity index (χ1n) is 18.3. The molecule has 0 aliphatic carbocycles. The van der Waals surface area contributed by atoms with Crippen LogP contribution in [0.15, 0.2) is 0 Å². The van der Waals surface area contributed by atoms with Crippen LogP contribution in [0.1, 0.15) is 79.1 Å². The highest BCUT2D eigenvalue weighted by Crippen LogP contribution is 2.13. The van der Waals surface area contributed by atoms with Gasteiger partial charge in [-0.3, -0.25) is 38.7 Å². The summed E-state index contributed by atoms with van der Waals surface area (Å²) in [6, 6.07) is 0.529. The van der Waals surface area contributed by atoms with E-state index < -0.39 is 11.9 Å². The molecule has 49 heavy (non-hydrogen) atoms. The summed E-state index contributed by atoms with van der Waals surface area (Å²) in [6.07, 6.45) is 7.54. The number of piperidine rings is 1. The molecule has 0 unspecified atom stereocenters. The molecule has 0 bridgehead atoms. The summed E-state index contributed by atoms with van der Waals surface area (Å²) < 4.78 is 0. The highest BCUT2D eigenvalue weighted by atomic mass is 16.4. The molecule has 2 aliphatic rings. The minimum absolute atomic E-state index is 0.0518. The quantitative estimate of drug-likeness (QED) is 0.108. The van der Waals surface area contributed by atoms with Crippen LogP contribution in [0.25, 0.3) is 0 Å². The van der Waals surface area contributed by atoms with E-state index in [0.29, 0.717) is 64.8 Å². The Kier molecular flexibility index (Phi) is 28.3. The molecule has 2 saturated heterocycles. The Balaban J connectivity index is 0.00000435. The average molecular weight is 702 g/mol. The van der Waals surface area contributed by atoms with E-state index in [1.54, 1.807) is 0 Å². The Morgan fingerprint density at radius 3 is 1.59 bits per heavy atom. The molecule has 286 valence electrons. The van der Waals surface area contributed by atoms with Gasteiger partial charge in [-0.1, -0.05) is 40.5 Å². The lowest BCUT2D eigenvalue weighted by Gasteiger charge is -2.33. The number of rotatable bonds is 17. The van der Waals surface area contributed by atoms with Gasteiger partial charge in [0.25, 0.3) is 6.47 Å². The van der Waals surface area contributed by atoms with E-state index in [2.05, 4.69) is 34.3 Å². The molecular weight excluding hydrogens is 634 g/mol. The minimum atomic E-state index is -0.926. The zero-order valence-electron chi connectivity index (χ0n) is 30.7. The van der Waals surface area contributed by atoms with Crippen LogP contribution in [0.5, 0.6) is 0 Å². The van der Waals surface area contributed by atoms with Gasteiger partial charge >= 0.3 is 11.9 Å². The molecule has 15 nitrogen and oxygen atoms in total. The van der Waals surface area contributed by atoms with Gasteiger partial charge in [-0.2, -0.15) is 0 Å². The summed E-state index contributed by atoms with van der Waals surface area (Å²) in [7, 11) is 0. The second kappa shape index (κ2) is 30.0. The monoisotopic (exact) mass is 702 g/mol. The molecule has 0 saturated carbocycles. The van der Waals surface area contributed by atoms with E-state index in [4.69, 9.17) is 9.90 Å². The molecule has 0 aromatic carbocycles. The summed E-state index contributed by atoms with van der Waals surface area (Å²) >= 11 is 0. The molecule has 0 atom stereocenters. The molecule has 0 aromatic heterocycles. The number of unbranched alkanes of at least 4 members (excludes halogenated alkanes) is 3. The van der Waals surface area contributed by atoms with Crippen LogP contribution in [-0.2, 0) is 24.0 Å². The normalized spacial score (nSPS) is 17.7. The number of amides is 2. The van der Waals surface area contributed by atoms with Crippen molar-refractivity contribution >= 4 is 30.2 Å². The van der Waals surface area contributed by atoms with Crippen molar-refractivity contribution < 1.29 is 39.3 Å². The summed E-state index contributed by atoms with van der Waals surface area (Å²) in [6.45, 7) is 16.8. The average Bonchev–Trinajstić information content (AvgIpc) is 3.07. The highest BCUT2D eigenvalue weighted by Gasteiger charge is 2.22. The van der Waals surface area contributed by atoms with Crippen molar-refractivity contribution in [2.24, 2.45) is 0 Å². The molecular formula is C34H67N7O8. The lowest BCUT2D eigenvalue weighted by molar-refractivity contribution is -0.140. The first-order valence-corrected chi connectivity index (χ1v) is 18.3. The van der Waals surface area contributed by atoms with E-state index >= 15 is 0 Å². The van der Waals surface area contributed by atoms with Crippen LogP contribution in [0.2, 0.25) is 0 Å². The Hall–Kier alpha value is -2.85. The minimum Gasteiger partial charge on any atom is -0.483 e. The summed E-state index contributed by atoms with van der Waals surface area (Å²) in [5.41, 5.74) is 0. The van der Waals surface area contributed by atoms with Crippen LogP contribution in [0, 0.1) is 0 Å². The number of carboxylic acid groups (broad SMARTS) is 3. The third-order valence-corrected chi connectivity index (χ3v) is 8.66. The van der Waals surface area contributed by atoms with Gasteiger partial charge in [-0.05, 0) is 45.2 Å². The molecule has 5 N–H and O–H groups in total. The van der Waals surface area contributed by atoms with Crippen molar-refractivity contribution in [3.63, 3.8) is 0 Å². The number of carboxylic acids is 2. The number of likely N-dealkylation sites (N-methyl/N-ethyl adjacent to an activating group) is 1. The van der Waals surface area contributed by atoms with Crippen molar-refractivity contribution in [1.82, 2.24) is 35.1 Å². The molecule has 0 aromatic rings. The lowest BCUT2D eigenvalue weighted by atomic mass is 10.0. The maximum absolute atomic E-state index is 12.8.